The van der Waals surface area contributed by atoms with Crippen molar-refractivity contribution in [1.82, 2.24) is 4.72 Å². The first-order valence-electron chi connectivity index (χ1n) is 5.07. The van der Waals surface area contributed by atoms with Gasteiger partial charge in [0.1, 0.15) is 15.8 Å². The zero-order chi connectivity index (χ0) is 14.0. The average Bonchev–Trinajstić information content (AvgIpc) is 2.78. The van der Waals surface area contributed by atoms with Crippen molar-refractivity contribution in [2.45, 2.75) is 10.8 Å². The monoisotopic (exact) mass is 367 g/mol. The summed E-state index contributed by atoms with van der Waals surface area (Å²) in [5, 5.41) is 0. The number of halogens is 3. The number of nitrogens with one attached hydrogen (secondary N) is 1. The lowest BCUT2D eigenvalue weighted by Crippen LogP contribution is -2.23. The van der Waals surface area contributed by atoms with Gasteiger partial charge < -0.3 is 0 Å². The van der Waals surface area contributed by atoms with Crippen LogP contribution in [0, 0.1) is 11.6 Å². The maximum atomic E-state index is 13.3. The van der Waals surface area contributed by atoms with Crippen molar-refractivity contribution in [2.24, 2.45) is 0 Å². The average molecular weight is 368 g/mol. The maximum absolute atomic E-state index is 13.3. The van der Waals surface area contributed by atoms with Gasteiger partial charge in [0.05, 0.1) is 3.79 Å². The Morgan fingerprint density at radius 2 is 1.95 bits per heavy atom. The highest BCUT2D eigenvalue weighted by Crippen LogP contribution is 2.26. The van der Waals surface area contributed by atoms with Gasteiger partial charge in [0.15, 0.2) is 0 Å². The minimum Gasteiger partial charge on any atom is -0.207 e. The van der Waals surface area contributed by atoms with Crippen molar-refractivity contribution in [3.05, 3.63) is 51.3 Å². The number of sulfonamides is 1. The molecule has 2 aromatic rings. The lowest BCUT2D eigenvalue weighted by molar-refractivity contribution is 0.568. The van der Waals surface area contributed by atoms with E-state index in [9.17, 15) is 17.2 Å². The van der Waals surface area contributed by atoms with Crippen molar-refractivity contribution in [3.63, 3.8) is 0 Å². The molecule has 0 aliphatic rings. The topological polar surface area (TPSA) is 46.2 Å². The Balaban J connectivity index is 2.16. The van der Waals surface area contributed by atoms with Crippen molar-refractivity contribution >= 4 is 37.3 Å². The Morgan fingerprint density at radius 3 is 2.58 bits per heavy atom. The van der Waals surface area contributed by atoms with Gasteiger partial charge in [-0.25, -0.2) is 21.9 Å². The van der Waals surface area contributed by atoms with Gasteiger partial charge in [0, 0.05) is 12.1 Å². The van der Waals surface area contributed by atoms with E-state index in [1.54, 1.807) is 6.07 Å². The van der Waals surface area contributed by atoms with Gasteiger partial charge in [-0.15, -0.1) is 11.3 Å². The number of thiophene rings is 1. The molecule has 3 nitrogen and oxygen atoms in total. The molecule has 1 aromatic carbocycles. The van der Waals surface area contributed by atoms with Crippen LogP contribution in [-0.2, 0) is 16.6 Å². The number of hydrogen-bond acceptors (Lipinski definition) is 3. The number of hydrogen-bond donors (Lipinski definition) is 1. The Morgan fingerprint density at radius 1 is 1.21 bits per heavy atom. The van der Waals surface area contributed by atoms with Gasteiger partial charge >= 0.3 is 0 Å². The fourth-order valence-corrected chi connectivity index (χ4v) is 4.43. The van der Waals surface area contributed by atoms with Crippen LogP contribution in [0.25, 0.3) is 0 Å². The molecule has 0 radical (unpaired) electrons. The molecule has 0 aliphatic carbocycles. The quantitative estimate of drug-likeness (QED) is 0.901. The Hall–Kier alpha value is -0.830. The lowest BCUT2D eigenvalue weighted by Gasteiger charge is -2.06. The molecule has 1 heterocycles. The van der Waals surface area contributed by atoms with E-state index in [1.807, 2.05) is 0 Å². The normalized spacial score (nSPS) is 11.7. The summed E-state index contributed by atoms with van der Waals surface area (Å²) < 4.78 is 53.1. The van der Waals surface area contributed by atoms with E-state index in [1.165, 1.54) is 6.07 Å². The highest BCUT2D eigenvalue weighted by Gasteiger charge is 2.17. The second kappa shape index (κ2) is 5.66. The van der Waals surface area contributed by atoms with Crippen LogP contribution in [0.1, 0.15) is 5.56 Å². The fraction of sp³-hybridized carbons (Fsp3) is 0.0909. The third-order valence-electron chi connectivity index (χ3n) is 2.27. The summed E-state index contributed by atoms with van der Waals surface area (Å²) in [6, 6.07) is 5.92. The molecule has 8 heteroatoms. The zero-order valence-corrected chi connectivity index (χ0v) is 12.6. The van der Waals surface area contributed by atoms with E-state index < -0.39 is 21.7 Å². The summed E-state index contributed by atoms with van der Waals surface area (Å²) in [7, 11) is -3.72. The summed E-state index contributed by atoms with van der Waals surface area (Å²) in [6.07, 6.45) is 0. The van der Waals surface area contributed by atoms with E-state index in [-0.39, 0.29) is 16.3 Å². The van der Waals surface area contributed by atoms with E-state index in [2.05, 4.69) is 20.7 Å². The molecule has 19 heavy (non-hydrogen) atoms. The largest absolute Gasteiger partial charge is 0.250 e. The van der Waals surface area contributed by atoms with E-state index >= 15 is 0 Å². The Bertz CT molecular complexity index is 700. The second-order valence-electron chi connectivity index (χ2n) is 3.62. The molecular formula is C11H8BrF2NO2S2. The molecule has 0 spiro atoms. The van der Waals surface area contributed by atoms with Crippen molar-refractivity contribution in [3.8, 4) is 0 Å². The molecular weight excluding hydrogens is 360 g/mol. The van der Waals surface area contributed by atoms with Crippen LogP contribution in [-0.4, -0.2) is 8.42 Å². The summed E-state index contributed by atoms with van der Waals surface area (Å²) in [5.74, 6) is -1.27. The first-order chi connectivity index (χ1) is 8.88. The van der Waals surface area contributed by atoms with Gasteiger partial charge in [-0.05, 0) is 46.3 Å². The van der Waals surface area contributed by atoms with Crippen LogP contribution in [0.15, 0.2) is 38.3 Å². The molecule has 0 fully saturated rings. The van der Waals surface area contributed by atoms with Gasteiger partial charge in [-0.2, -0.15) is 0 Å². The van der Waals surface area contributed by atoms with Crippen LogP contribution in [0.2, 0.25) is 0 Å². The molecule has 1 aromatic heterocycles. The highest BCUT2D eigenvalue weighted by atomic mass is 79.9. The Labute approximate surface area is 121 Å². The minimum atomic E-state index is -3.72. The van der Waals surface area contributed by atoms with Crippen LogP contribution in [0.3, 0.4) is 0 Å². The molecule has 0 aliphatic heterocycles. The minimum absolute atomic E-state index is 0.0424. The SMILES string of the molecule is O=S(=O)(NCc1cc(F)ccc1F)c1ccc(Br)s1. The van der Waals surface area contributed by atoms with E-state index in [0.717, 1.165) is 29.5 Å². The Kier molecular flexibility index (Phi) is 4.34. The molecule has 2 rings (SSSR count). The van der Waals surface area contributed by atoms with Crippen molar-refractivity contribution in [1.29, 1.82) is 0 Å². The van der Waals surface area contributed by atoms with Gasteiger partial charge in [-0.1, -0.05) is 0 Å². The van der Waals surface area contributed by atoms with Crippen molar-refractivity contribution < 1.29 is 17.2 Å². The molecule has 0 bridgehead atoms. The fourth-order valence-electron chi connectivity index (χ4n) is 1.36. The van der Waals surface area contributed by atoms with E-state index in [4.69, 9.17) is 0 Å². The lowest BCUT2D eigenvalue weighted by atomic mass is 10.2. The molecule has 0 atom stereocenters. The molecule has 102 valence electrons. The zero-order valence-electron chi connectivity index (χ0n) is 9.36. The van der Waals surface area contributed by atoms with Crippen LogP contribution in [0.5, 0.6) is 0 Å². The van der Waals surface area contributed by atoms with Crippen LogP contribution >= 0.6 is 27.3 Å². The summed E-state index contributed by atoms with van der Waals surface area (Å²) >= 11 is 4.19. The third-order valence-corrected chi connectivity index (χ3v) is 5.79. The van der Waals surface area contributed by atoms with Crippen LogP contribution in [0.4, 0.5) is 8.78 Å². The molecule has 1 N–H and O–H groups in total. The van der Waals surface area contributed by atoms with E-state index in [0.29, 0.717) is 3.79 Å². The van der Waals surface area contributed by atoms with Crippen LogP contribution < -0.4 is 4.72 Å². The predicted octanol–water partition coefficient (Wildman–Crippen LogP) is 3.27. The predicted molar refractivity (Wildman–Crippen MR) is 72.4 cm³/mol. The van der Waals surface area contributed by atoms with Gasteiger partial charge in [0.2, 0.25) is 10.0 Å². The maximum Gasteiger partial charge on any atom is 0.250 e. The molecule has 0 saturated heterocycles. The standard InChI is InChI=1S/C11H8BrF2NO2S2/c12-10-3-4-11(18-10)19(16,17)15-6-7-5-8(13)1-2-9(7)14/h1-5,15H,6H2. The van der Waals surface area contributed by atoms with Gasteiger partial charge in [-0.3, -0.25) is 0 Å². The number of rotatable bonds is 4. The smallest absolute Gasteiger partial charge is 0.207 e. The summed E-state index contributed by atoms with van der Waals surface area (Å²) in [6.45, 7) is -0.304. The summed E-state index contributed by atoms with van der Waals surface area (Å²) in [4.78, 5) is 0. The second-order valence-corrected chi connectivity index (χ2v) is 8.08. The first kappa shape index (κ1) is 14.6. The number of benzene rings is 1. The third kappa shape index (κ3) is 3.59. The highest BCUT2D eigenvalue weighted by molar-refractivity contribution is 9.11. The first-order valence-corrected chi connectivity index (χ1v) is 8.17. The van der Waals surface area contributed by atoms with Crippen molar-refractivity contribution in [2.75, 3.05) is 0 Å². The van der Waals surface area contributed by atoms with Gasteiger partial charge in [0.25, 0.3) is 0 Å². The molecule has 0 unspecified atom stereocenters. The summed E-state index contributed by atoms with van der Waals surface area (Å²) in [5.41, 5.74) is -0.0424. The molecule has 0 saturated carbocycles. The molecule has 0 amide bonds.